The number of amides is 1. The summed E-state index contributed by atoms with van der Waals surface area (Å²) < 4.78 is 20.2. The third kappa shape index (κ3) is 4.37. The van der Waals surface area contributed by atoms with Gasteiger partial charge in [-0.3, -0.25) is 14.9 Å². The molecule has 1 aromatic heterocycles. The minimum Gasteiger partial charge on any atom is -0.474 e. The van der Waals surface area contributed by atoms with Gasteiger partial charge in [-0.05, 0) is 19.9 Å². The molecule has 0 fully saturated rings. The van der Waals surface area contributed by atoms with Gasteiger partial charge in [-0.2, -0.15) is 14.6 Å². The van der Waals surface area contributed by atoms with Gasteiger partial charge >= 0.3 is 5.69 Å². The third-order valence-corrected chi connectivity index (χ3v) is 3.21. The lowest BCUT2D eigenvalue weighted by atomic mass is 10.3. The Hall–Kier alpha value is -3.30. The second-order valence-corrected chi connectivity index (χ2v) is 4.93. The number of carbonyl (C=O) groups excluding carboxylic acids is 1. The molecule has 2 rings (SSSR count). The van der Waals surface area contributed by atoms with E-state index in [9.17, 15) is 19.3 Å². The standard InChI is InChI=1S/C15H16FN5O4/c1-3-20-14(16)11(9-18-20)8-17-19-15(22)10(2)25-13-7-5-4-6-12(13)21(23)24/h4-10H,3H2,1-2H3,(H,19,22)/b17-8+. The molecule has 2 aromatic rings. The lowest BCUT2D eigenvalue weighted by molar-refractivity contribution is -0.386. The Morgan fingerprint density at radius 3 is 2.92 bits per heavy atom. The Labute approximate surface area is 142 Å². The molecule has 25 heavy (non-hydrogen) atoms. The second-order valence-electron chi connectivity index (χ2n) is 4.93. The molecular weight excluding hydrogens is 333 g/mol. The van der Waals surface area contributed by atoms with Crippen LogP contribution in [0, 0.1) is 16.1 Å². The number of aryl methyl sites for hydroxylation is 1. The molecule has 0 bridgehead atoms. The average Bonchev–Trinajstić information content (AvgIpc) is 2.95. The summed E-state index contributed by atoms with van der Waals surface area (Å²) in [6.45, 7) is 3.52. The first-order valence-corrected chi connectivity index (χ1v) is 7.38. The van der Waals surface area contributed by atoms with Crippen molar-refractivity contribution < 1.29 is 18.8 Å². The summed E-state index contributed by atoms with van der Waals surface area (Å²) in [6, 6.07) is 5.70. The van der Waals surface area contributed by atoms with Crippen molar-refractivity contribution in [1.29, 1.82) is 0 Å². The summed E-state index contributed by atoms with van der Waals surface area (Å²) in [5.41, 5.74) is 2.06. The smallest absolute Gasteiger partial charge is 0.310 e. The van der Waals surface area contributed by atoms with E-state index < -0.39 is 22.9 Å². The number of nitrogens with one attached hydrogen (secondary N) is 1. The van der Waals surface area contributed by atoms with Gasteiger partial charge in [-0.15, -0.1) is 0 Å². The highest BCUT2D eigenvalue weighted by atomic mass is 19.1. The van der Waals surface area contributed by atoms with Crippen molar-refractivity contribution in [3.8, 4) is 5.75 Å². The van der Waals surface area contributed by atoms with Crippen molar-refractivity contribution in [1.82, 2.24) is 15.2 Å². The van der Waals surface area contributed by atoms with E-state index in [1.54, 1.807) is 13.0 Å². The zero-order chi connectivity index (χ0) is 18.4. The summed E-state index contributed by atoms with van der Waals surface area (Å²) in [7, 11) is 0. The normalized spacial score (nSPS) is 12.1. The zero-order valence-corrected chi connectivity index (χ0v) is 13.5. The predicted octanol–water partition coefficient (Wildman–Crippen LogP) is 1.87. The molecule has 0 aliphatic rings. The Bertz CT molecular complexity index is 805. The fourth-order valence-electron chi connectivity index (χ4n) is 1.90. The minimum absolute atomic E-state index is 0.0330. The summed E-state index contributed by atoms with van der Waals surface area (Å²) in [4.78, 5) is 22.2. The monoisotopic (exact) mass is 349 g/mol. The van der Waals surface area contributed by atoms with Crippen LogP contribution < -0.4 is 10.2 Å². The molecule has 1 atom stereocenters. The highest BCUT2D eigenvalue weighted by molar-refractivity contribution is 5.84. The molecule has 9 nitrogen and oxygen atoms in total. The SMILES string of the molecule is CCn1ncc(/C=N/NC(=O)C(C)Oc2ccccc2[N+](=O)[O-])c1F. The van der Waals surface area contributed by atoms with Gasteiger partial charge in [0.15, 0.2) is 11.9 Å². The number of nitro benzene ring substituents is 1. The van der Waals surface area contributed by atoms with Crippen molar-refractivity contribution in [2.75, 3.05) is 0 Å². The van der Waals surface area contributed by atoms with Gasteiger partial charge in [0.2, 0.25) is 5.95 Å². The lowest BCUT2D eigenvalue weighted by Gasteiger charge is -2.12. The molecule has 0 radical (unpaired) electrons. The minimum atomic E-state index is -1.04. The van der Waals surface area contributed by atoms with Crippen LogP contribution in [0.15, 0.2) is 35.6 Å². The van der Waals surface area contributed by atoms with Crippen LogP contribution in [0.3, 0.4) is 0 Å². The number of hydrogen-bond donors (Lipinski definition) is 1. The molecule has 1 N–H and O–H groups in total. The fourth-order valence-corrected chi connectivity index (χ4v) is 1.90. The number of hydrazone groups is 1. The van der Waals surface area contributed by atoms with E-state index >= 15 is 0 Å². The molecule has 1 aromatic carbocycles. The Morgan fingerprint density at radius 2 is 2.28 bits per heavy atom. The number of ether oxygens (including phenoxy) is 1. The fraction of sp³-hybridized carbons (Fsp3) is 0.267. The molecule has 0 saturated heterocycles. The van der Waals surface area contributed by atoms with Crippen molar-refractivity contribution in [2.24, 2.45) is 5.10 Å². The predicted molar refractivity (Wildman–Crippen MR) is 86.8 cm³/mol. The van der Waals surface area contributed by atoms with E-state index in [1.807, 2.05) is 0 Å². The Balaban J connectivity index is 1.98. The van der Waals surface area contributed by atoms with Crippen LogP contribution in [0.25, 0.3) is 0 Å². The molecule has 1 heterocycles. The molecule has 0 spiro atoms. The first kappa shape index (κ1) is 18.0. The number of carbonyl (C=O) groups is 1. The van der Waals surface area contributed by atoms with Gasteiger partial charge in [0.25, 0.3) is 5.91 Å². The molecule has 132 valence electrons. The van der Waals surface area contributed by atoms with Gasteiger partial charge in [-0.25, -0.2) is 10.1 Å². The van der Waals surface area contributed by atoms with E-state index in [2.05, 4.69) is 15.6 Å². The quantitative estimate of drug-likeness (QED) is 0.466. The van der Waals surface area contributed by atoms with Crippen LogP contribution in [0.5, 0.6) is 5.75 Å². The molecule has 0 aliphatic carbocycles. The van der Waals surface area contributed by atoms with Gasteiger partial charge in [-0.1, -0.05) is 12.1 Å². The molecule has 0 aliphatic heterocycles. The number of nitro groups is 1. The maximum absolute atomic E-state index is 13.7. The van der Waals surface area contributed by atoms with Crippen molar-refractivity contribution in [3.05, 3.63) is 52.1 Å². The van der Waals surface area contributed by atoms with Crippen molar-refractivity contribution in [3.63, 3.8) is 0 Å². The zero-order valence-electron chi connectivity index (χ0n) is 13.5. The van der Waals surface area contributed by atoms with E-state index in [0.717, 1.165) is 10.9 Å². The summed E-state index contributed by atoms with van der Waals surface area (Å²) in [5, 5.41) is 18.4. The van der Waals surface area contributed by atoms with Crippen LogP contribution in [0.2, 0.25) is 0 Å². The van der Waals surface area contributed by atoms with Crippen LogP contribution in [-0.4, -0.2) is 32.9 Å². The summed E-state index contributed by atoms with van der Waals surface area (Å²) in [5.74, 6) is -1.24. The van der Waals surface area contributed by atoms with Gasteiger partial charge < -0.3 is 4.74 Å². The summed E-state index contributed by atoms with van der Waals surface area (Å²) in [6.07, 6.45) is 1.35. The van der Waals surface area contributed by atoms with Crippen LogP contribution >= 0.6 is 0 Å². The molecule has 10 heteroatoms. The topological polar surface area (TPSA) is 112 Å². The van der Waals surface area contributed by atoms with Crippen LogP contribution in [0.4, 0.5) is 10.1 Å². The third-order valence-electron chi connectivity index (χ3n) is 3.21. The number of benzene rings is 1. The lowest BCUT2D eigenvalue weighted by Crippen LogP contribution is -2.33. The number of hydrogen-bond acceptors (Lipinski definition) is 6. The number of aromatic nitrogens is 2. The molecular formula is C15H16FN5O4. The van der Waals surface area contributed by atoms with Crippen molar-refractivity contribution in [2.45, 2.75) is 26.5 Å². The Morgan fingerprint density at radius 1 is 1.56 bits per heavy atom. The largest absolute Gasteiger partial charge is 0.474 e. The number of rotatable bonds is 7. The van der Waals surface area contributed by atoms with Gasteiger partial charge in [0.05, 0.1) is 22.9 Å². The molecule has 0 saturated carbocycles. The number of para-hydroxylation sites is 2. The van der Waals surface area contributed by atoms with Crippen molar-refractivity contribution >= 4 is 17.8 Å². The van der Waals surface area contributed by atoms with E-state index in [0.29, 0.717) is 6.54 Å². The molecule has 1 amide bonds. The van der Waals surface area contributed by atoms with Crippen LogP contribution in [-0.2, 0) is 11.3 Å². The Kier molecular flexibility index (Phi) is 5.77. The highest BCUT2D eigenvalue weighted by Gasteiger charge is 2.20. The van der Waals surface area contributed by atoms with Gasteiger partial charge in [0, 0.05) is 12.6 Å². The first-order chi connectivity index (χ1) is 11.9. The van der Waals surface area contributed by atoms with Crippen LogP contribution in [0.1, 0.15) is 19.4 Å². The molecule has 1 unspecified atom stereocenters. The average molecular weight is 349 g/mol. The van der Waals surface area contributed by atoms with E-state index in [-0.39, 0.29) is 17.0 Å². The summed E-state index contributed by atoms with van der Waals surface area (Å²) >= 11 is 0. The number of halogens is 1. The second kappa shape index (κ2) is 7.99. The first-order valence-electron chi connectivity index (χ1n) is 7.38. The van der Waals surface area contributed by atoms with Gasteiger partial charge in [0.1, 0.15) is 0 Å². The highest BCUT2D eigenvalue weighted by Crippen LogP contribution is 2.26. The maximum atomic E-state index is 13.7. The van der Waals surface area contributed by atoms with E-state index in [4.69, 9.17) is 4.74 Å². The number of nitrogens with zero attached hydrogens (tertiary/aromatic N) is 4. The van der Waals surface area contributed by atoms with E-state index in [1.165, 1.54) is 31.3 Å². The maximum Gasteiger partial charge on any atom is 0.310 e.